The highest BCUT2D eigenvalue weighted by atomic mass is 16.3. The molecule has 4 nitrogen and oxygen atoms in total. The Hall–Kier alpha value is -1.39. The second-order valence-corrected chi connectivity index (χ2v) is 5.57. The number of piperazine rings is 1. The highest BCUT2D eigenvalue weighted by Gasteiger charge is 2.34. The Morgan fingerprint density at radius 1 is 1.37 bits per heavy atom. The molecule has 1 aliphatic rings. The Bertz CT molecular complexity index is 451. The Kier molecular flexibility index (Phi) is 4.22. The third kappa shape index (κ3) is 3.33. The van der Waals surface area contributed by atoms with E-state index in [9.17, 15) is 9.90 Å². The van der Waals surface area contributed by atoms with Gasteiger partial charge in [0.05, 0.1) is 5.54 Å². The van der Waals surface area contributed by atoms with Crippen molar-refractivity contribution in [2.24, 2.45) is 0 Å². The minimum Gasteiger partial charge on any atom is -0.508 e. The molecular weight excluding hydrogens is 240 g/mol. The topological polar surface area (TPSA) is 52.6 Å². The van der Waals surface area contributed by atoms with Crippen LogP contribution in [0.3, 0.4) is 0 Å². The summed E-state index contributed by atoms with van der Waals surface area (Å²) >= 11 is 0. The predicted molar refractivity (Wildman–Crippen MR) is 75.3 cm³/mol. The van der Waals surface area contributed by atoms with Crippen molar-refractivity contribution in [1.29, 1.82) is 0 Å². The SMILES string of the molecule is CC(C)(C(=O)Cc1cccc(O)c1)N1CCNCC1. The molecule has 0 saturated carbocycles. The zero-order chi connectivity index (χ0) is 13.9. The van der Waals surface area contributed by atoms with Crippen LogP contribution in [0.25, 0.3) is 0 Å². The number of phenolic OH excluding ortho intramolecular Hbond substituents is 1. The largest absolute Gasteiger partial charge is 0.508 e. The number of nitrogens with zero attached hydrogens (tertiary/aromatic N) is 1. The van der Waals surface area contributed by atoms with Crippen molar-refractivity contribution in [3.63, 3.8) is 0 Å². The number of Topliss-reactive ketones (excluding diaryl/α,β-unsaturated/α-hetero) is 1. The van der Waals surface area contributed by atoms with E-state index in [1.807, 2.05) is 19.9 Å². The summed E-state index contributed by atoms with van der Waals surface area (Å²) in [5, 5.41) is 12.7. The van der Waals surface area contributed by atoms with Gasteiger partial charge in [-0.1, -0.05) is 12.1 Å². The molecule has 19 heavy (non-hydrogen) atoms. The molecule has 1 heterocycles. The van der Waals surface area contributed by atoms with Crippen LogP contribution < -0.4 is 5.32 Å². The number of rotatable bonds is 4. The van der Waals surface area contributed by atoms with Crippen molar-refractivity contribution >= 4 is 5.78 Å². The third-order valence-electron chi connectivity index (χ3n) is 3.87. The van der Waals surface area contributed by atoms with Crippen LogP contribution in [-0.4, -0.2) is 47.5 Å². The second-order valence-electron chi connectivity index (χ2n) is 5.57. The molecule has 0 unspecified atom stereocenters. The lowest BCUT2D eigenvalue weighted by Gasteiger charge is -2.40. The predicted octanol–water partition coefficient (Wildman–Crippen LogP) is 1.19. The lowest BCUT2D eigenvalue weighted by molar-refractivity contribution is -0.129. The van der Waals surface area contributed by atoms with Crippen molar-refractivity contribution in [2.45, 2.75) is 25.8 Å². The van der Waals surface area contributed by atoms with E-state index in [4.69, 9.17) is 0 Å². The van der Waals surface area contributed by atoms with Crippen LogP contribution in [0.15, 0.2) is 24.3 Å². The monoisotopic (exact) mass is 262 g/mol. The summed E-state index contributed by atoms with van der Waals surface area (Å²) in [6.07, 6.45) is 0.366. The molecule has 0 atom stereocenters. The quantitative estimate of drug-likeness (QED) is 0.856. The van der Waals surface area contributed by atoms with Gasteiger partial charge < -0.3 is 10.4 Å². The Labute approximate surface area is 114 Å². The molecule has 0 radical (unpaired) electrons. The van der Waals surface area contributed by atoms with Gasteiger partial charge in [-0.15, -0.1) is 0 Å². The zero-order valence-corrected chi connectivity index (χ0v) is 11.6. The number of nitrogens with one attached hydrogen (secondary N) is 1. The van der Waals surface area contributed by atoms with Crippen LogP contribution in [0.5, 0.6) is 5.75 Å². The first-order valence-electron chi connectivity index (χ1n) is 6.77. The molecule has 2 rings (SSSR count). The first kappa shape index (κ1) is 14.0. The highest BCUT2D eigenvalue weighted by molar-refractivity contribution is 5.89. The van der Waals surface area contributed by atoms with Gasteiger partial charge in [0, 0.05) is 32.6 Å². The number of hydrogen-bond acceptors (Lipinski definition) is 4. The first-order valence-corrected chi connectivity index (χ1v) is 6.77. The van der Waals surface area contributed by atoms with Crippen LogP contribution in [-0.2, 0) is 11.2 Å². The molecule has 1 aromatic carbocycles. The molecule has 1 saturated heterocycles. The molecule has 1 aliphatic heterocycles. The molecule has 2 N–H and O–H groups in total. The van der Waals surface area contributed by atoms with Crippen molar-refractivity contribution in [3.8, 4) is 5.75 Å². The van der Waals surface area contributed by atoms with E-state index in [-0.39, 0.29) is 11.5 Å². The van der Waals surface area contributed by atoms with Gasteiger partial charge in [0.1, 0.15) is 5.75 Å². The summed E-state index contributed by atoms with van der Waals surface area (Å²) in [6.45, 7) is 7.65. The smallest absolute Gasteiger partial charge is 0.156 e. The Morgan fingerprint density at radius 3 is 2.68 bits per heavy atom. The lowest BCUT2D eigenvalue weighted by Crippen LogP contribution is -2.57. The van der Waals surface area contributed by atoms with E-state index in [1.54, 1.807) is 18.2 Å². The van der Waals surface area contributed by atoms with E-state index in [0.717, 1.165) is 31.7 Å². The highest BCUT2D eigenvalue weighted by Crippen LogP contribution is 2.20. The van der Waals surface area contributed by atoms with Gasteiger partial charge in [-0.25, -0.2) is 0 Å². The van der Waals surface area contributed by atoms with E-state index in [0.29, 0.717) is 6.42 Å². The summed E-state index contributed by atoms with van der Waals surface area (Å²) in [6, 6.07) is 6.93. The van der Waals surface area contributed by atoms with Gasteiger partial charge in [-0.05, 0) is 31.5 Å². The maximum atomic E-state index is 12.5. The molecule has 0 aliphatic carbocycles. The molecule has 104 valence electrons. The average Bonchev–Trinajstić information content (AvgIpc) is 2.39. The maximum Gasteiger partial charge on any atom is 0.156 e. The first-order chi connectivity index (χ1) is 9.00. The molecule has 1 aromatic rings. The number of phenols is 1. The van der Waals surface area contributed by atoms with Crippen molar-refractivity contribution in [2.75, 3.05) is 26.2 Å². The standard InChI is InChI=1S/C15H22N2O2/c1-15(2,17-8-6-16-7-9-17)14(19)11-12-4-3-5-13(18)10-12/h3-5,10,16,18H,6-9,11H2,1-2H3. The number of carbonyl (C=O) groups excluding carboxylic acids is 1. The summed E-state index contributed by atoms with van der Waals surface area (Å²) < 4.78 is 0. The lowest BCUT2D eigenvalue weighted by atomic mass is 9.91. The Balaban J connectivity index is 2.05. The van der Waals surface area contributed by atoms with Gasteiger partial charge in [-0.2, -0.15) is 0 Å². The summed E-state index contributed by atoms with van der Waals surface area (Å²) in [5.41, 5.74) is 0.418. The number of ketones is 1. The fraction of sp³-hybridized carbons (Fsp3) is 0.533. The molecule has 1 fully saturated rings. The number of carbonyl (C=O) groups is 1. The summed E-state index contributed by atoms with van der Waals surface area (Å²) in [5.74, 6) is 0.408. The van der Waals surface area contributed by atoms with Crippen molar-refractivity contribution in [3.05, 3.63) is 29.8 Å². The fourth-order valence-electron chi connectivity index (χ4n) is 2.47. The number of hydrogen-bond donors (Lipinski definition) is 2. The van der Waals surface area contributed by atoms with Crippen LogP contribution in [0.4, 0.5) is 0 Å². The zero-order valence-electron chi connectivity index (χ0n) is 11.6. The van der Waals surface area contributed by atoms with Crippen LogP contribution >= 0.6 is 0 Å². The summed E-state index contributed by atoms with van der Waals surface area (Å²) in [4.78, 5) is 14.7. The minimum absolute atomic E-state index is 0.194. The molecule has 4 heteroatoms. The number of aromatic hydroxyl groups is 1. The van der Waals surface area contributed by atoms with Crippen molar-refractivity contribution < 1.29 is 9.90 Å². The second kappa shape index (κ2) is 5.72. The van der Waals surface area contributed by atoms with E-state index < -0.39 is 5.54 Å². The van der Waals surface area contributed by atoms with Crippen LogP contribution in [0.2, 0.25) is 0 Å². The van der Waals surface area contributed by atoms with Crippen molar-refractivity contribution in [1.82, 2.24) is 10.2 Å². The Morgan fingerprint density at radius 2 is 2.05 bits per heavy atom. The summed E-state index contributed by atoms with van der Waals surface area (Å²) in [7, 11) is 0. The van der Waals surface area contributed by atoms with Crippen LogP contribution in [0.1, 0.15) is 19.4 Å². The molecule has 0 aromatic heterocycles. The average molecular weight is 262 g/mol. The number of benzene rings is 1. The third-order valence-corrected chi connectivity index (χ3v) is 3.87. The van der Waals surface area contributed by atoms with E-state index in [2.05, 4.69) is 10.2 Å². The molecular formula is C15H22N2O2. The minimum atomic E-state index is -0.451. The van der Waals surface area contributed by atoms with E-state index in [1.165, 1.54) is 0 Å². The van der Waals surface area contributed by atoms with Crippen LogP contribution in [0, 0.1) is 0 Å². The normalized spacial score (nSPS) is 17.4. The maximum absolute atomic E-state index is 12.5. The van der Waals surface area contributed by atoms with Gasteiger partial charge in [0.15, 0.2) is 5.78 Å². The van der Waals surface area contributed by atoms with Gasteiger partial charge in [0.2, 0.25) is 0 Å². The van der Waals surface area contributed by atoms with Gasteiger partial charge in [0.25, 0.3) is 0 Å². The molecule has 0 spiro atoms. The van der Waals surface area contributed by atoms with Gasteiger partial charge in [-0.3, -0.25) is 9.69 Å². The molecule has 0 amide bonds. The van der Waals surface area contributed by atoms with Gasteiger partial charge >= 0.3 is 0 Å². The fourth-order valence-corrected chi connectivity index (χ4v) is 2.47. The molecule has 0 bridgehead atoms. The van der Waals surface area contributed by atoms with E-state index >= 15 is 0 Å².